The van der Waals surface area contributed by atoms with Gasteiger partial charge in [-0.15, -0.1) is 0 Å². The predicted octanol–water partition coefficient (Wildman–Crippen LogP) is 2.03. The molecule has 42 heavy (non-hydrogen) atoms. The fourth-order valence-corrected chi connectivity index (χ4v) is 7.30. The molecule has 1 aromatic heterocycles. The first-order valence-electron chi connectivity index (χ1n) is 14.4. The van der Waals surface area contributed by atoms with Gasteiger partial charge in [0.05, 0.1) is 17.0 Å². The molecule has 2 aliphatic heterocycles. The lowest BCUT2D eigenvalue weighted by atomic mass is 9.79. The van der Waals surface area contributed by atoms with Crippen LogP contribution in [0.5, 0.6) is 0 Å². The van der Waals surface area contributed by atoms with E-state index < -0.39 is 34.5 Å². The van der Waals surface area contributed by atoms with E-state index in [0.717, 1.165) is 29.5 Å². The monoisotopic (exact) mass is 569 g/mol. The number of hydrogen-bond acceptors (Lipinski definition) is 5. The summed E-state index contributed by atoms with van der Waals surface area (Å²) in [7, 11) is 1.37. The molecule has 2 aromatic carbocycles. The van der Waals surface area contributed by atoms with Crippen LogP contribution in [-0.4, -0.2) is 54.1 Å². The molecule has 1 saturated carbocycles. The average molecular weight is 569 g/mol. The summed E-state index contributed by atoms with van der Waals surface area (Å²) in [5.41, 5.74) is 2.18. The number of nitrogens with zero attached hydrogens (tertiary/aromatic N) is 2. The molecule has 2 fully saturated rings. The number of anilines is 2. The highest BCUT2D eigenvalue weighted by molar-refractivity contribution is 6.32. The summed E-state index contributed by atoms with van der Waals surface area (Å²) in [5, 5.41) is 9.17. The maximum atomic E-state index is 14.5. The number of hydrogen-bond donors (Lipinski definition) is 3. The topological polar surface area (TPSA) is 103 Å². The SMILES string of the molecule is Bc1c(F)cc(C2CNC3(CCCC3)C(=O)N2CC(=O)Nc2ccc3c(c2)CC2(C3)C(=O)Nc3ncccc32)cc1F. The Morgan fingerprint density at radius 1 is 1.07 bits per heavy atom. The molecule has 2 unspecified atom stereocenters. The lowest BCUT2D eigenvalue weighted by Gasteiger charge is -2.45. The zero-order chi connectivity index (χ0) is 29.2. The molecule has 2 atom stereocenters. The Kier molecular flexibility index (Phi) is 6.20. The number of pyridine rings is 1. The number of benzene rings is 2. The van der Waals surface area contributed by atoms with Crippen LogP contribution in [0, 0.1) is 11.6 Å². The van der Waals surface area contributed by atoms with E-state index in [1.165, 1.54) is 24.9 Å². The summed E-state index contributed by atoms with van der Waals surface area (Å²) < 4.78 is 29.0. The molecule has 2 spiro atoms. The Labute approximate surface area is 242 Å². The molecule has 4 aliphatic rings. The second-order valence-electron chi connectivity index (χ2n) is 12.0. The van der Waals surface area contributed by atoms with Gasteiger partial charge in [-0.3, -0.25) is 14.4 Å². The van der Waals surface area contributed by atoms with Crippen molar-refractivity contribution in [2.24, 2.45) is 0 Å². The van der Waals surface area contributed by atoms with Crippen LogP contribution in [0.15, 0.2) is 48.7 Å². The van der Waals surface area contributed by atoms with Gasteiger partial charge in [-0.1, -0.05) is 25.0 Å². The molecule has 7 rings (SSSR count). The molecule has 2 aliphatic carbocycles. The van der Waals surface area contributed by atoms with E-state index in [-0.39, 0.29) is 23.8 Å². The van der Waals surface area contributed by atoms with Gasteiger partial charge in [0.15, 0.2) is 0 Å². The Hall–Kier alpha value is -4.12. The molecule has 3 N–H and O–H groups in total. The van der Waals surface area contributed by atoms with Crippen LogP contribution in [0.2, 0.25) is 0 Å². The van der Waals surface area contributed by atoms with E-state index in [9.17, 15) is 23.2 Å². The molecule has 11 heteroatoms. The minimum atomic E-state index is -0.756. The number of amides is 3. The number of rotatable bonds is 4. The average Bonchev–Trinajstić information content (AvgIpc) is 3.67. The van der Waals surface area contributed by atoms with Crippen LogP contribution in [-0.2, 0) is 32.6 Å². The van der Waals surface area contributed by atoms with Crippen molar-refractivity contribution in [3.05, 3.63) is 82.5 Å². The van der Waals surface area contributed by atoms with Crippen molar-refractivity contribution >= 4 is 42.5 Å². The molecule has 214 valence electrons. The highest BCUT2D eigenvalue weighted by Gasteiger charge is 2.51. The number of halogens is 2. The quantitative estimate of drug-likeness (QED) is 0.418. The van der Waals surface area contributed by atoms with Gasteiger partial charge in [0.25, 0.3) is 0 Å². The molecule has 8 nitrogen and oxygen atoms in total. The summed E-state index contributed by atoms with van der Waals surface area (Å²) >= 11 is 0. The van der Waals surface area contributed by atoms with Crippen molar-refractivity contribution in [3.63, 3.8) is 0 Å². The normalized spacial score (nSPS) is 23.8. The first-order chi connectivity index (χ1) is 20.2. The van der Waals surface area contributed by atoms with Crippen molar-refractivity contribution in [1.82, 2.24) is 15.2 Å². The van der Waals surface area contributed by atoms with Crippen molar-refractivity contribution < 1.29 is 23.2 Å². The van der Waals surface area contributed by atoms with Gasteiger partial charge in [-0.2, -0.15) is 0 Å². The van der Waals surface area contributed by atoms with Crippen molar-refractivity contribution in [1.29, 1.82) is 0 Å². The smallest absolute Gasteiger partial charge is 0.244 e. The Morgan fingerprint density at radius 3 is 2.57 bits per heavy atom. The van der Waals surface area contributed by atoms with Gasteiger partial charge in [0.2, 0.25) is 17.7 Å². The third-order valence-corrected chi connectivity index (χ3v) is 9.60. The molecule has 1 saturated heterocycles. The summed E-state index contributed by atoms with van der Waals surface area (Å²) in [6.45, 7) is 0.0345. The number of carbonyl (C=O) groups is 3. The summed E-state index contributed by atoms with van der Waals surface area (Å²) in [5.74, 6) is -1.49. The molecule has 3 amide bonds. The lowest BCUT2D eigenvalue weighted by Crippen LogP contribution is -2.64. The van der Waals surface area contributed by atoms with E-state index in [2.05, 4.69) is 20.9 Å². The minimum absolute atomic E-state index is 0.0777. The number of carbonyl (C=O) groups excluding carboxylic acids is 3. The fourth-order valence-electron chi connectivity index (χ4n) is 7.30. The first-order valence-corrected chi connectivity index (χ1v) is 14.4. The Bertz CT molecular complexity index is 1640. The highest BCUT2D eigenvalue weighted by atomic mass is 19.1. The van der Waals surface area contributed by atoms with Gasteiger partial charge in [0.1, 0.15) is 31.8 Å². The van der Waals surface area contributed by atoms with Crippen LogP contribution in [0.4, 0.5) is 20.3 Å². The number of aromatic nitrogens is 1. The Morgan fingerprint density at radius 2 is 1.81 bits per heavy atom. The van der Waals surface area contributed by atoms with Gasteiger partial charge >= 0.3 is 0 Å². The Balaban J connectivity index is 1.13. The van der Waals surface area contributed by atoms with Crippen molar-refractivity contribution in [2.75, 3.05) is 23.7 Å². The fraction of sp³-hybridized carbons (Fsp3) is 0.355. The number of fused-ring (bicyclic) bond motifs is 3. The maximum Gasteiger partial charge on any atom is 0.244 e. The van der Waals surface area contributed by atoms with Gasteiger partial charge in [0, 0.05) is 24.0 Å². The standard InChI is InChI=1S/C31H30BF2N5O3/c32-26-22(33)11-18(12-23(26)34)24-15-36-31(7-1-2-8-31)29(42)39(24)16-25(40)37-20-6-5-17-13-30(14-19(17)10-20)21-4-3-9-35-27(21)38-28(30)41/h3-6,9-12,24,36H,1-2,7-8,13-16,32H2,(H,37,40)(H,35,38,41). The molecular formula is C31H30BF2N5O3. The molecule has 3 heterocycles. The molecule has 0 bridgehead atoms. The summed E-state index contributed by atoms with van der Waals surface area (Å²) in [6, 6.07) is 11.2. The molecule has 3 aromatic rings. The third kappa shape index (κ3) is 4.13. The molecule has 0 radical (unpaired) electrons. The minimum Gasteiger partial charge on any atom is -0.325 e. The zero-order valence-electron chi connectivity index (χ0n) is 23.2. The van der Waals surface area contributed by atoms with E-state index in [1.54, 1.807) is 12.3 Å². The number of piperazine rings is 1. The maximum absolute atomic E-state index is 14.5. The third-order valence-electron chi connectivity index (χ3n) is 9.60. The van der Waals surface area contributed by atoms with Gasteiger partial charge in [-0.25, -0.2) is 13.8 Å². The van der Waals surface area contributed by atoms with Crippen molar-refractivity contribution in [3.8, 4) is 0 Å². The van der Waals surface area contributed by atoms with Crippen LogP contribution < -0.4 is 21.4 Å². The van der Waals surface area contributed by atoms with E-state index in [0.29, 0.717) is 49.3 Å². The highest BCUT2D eigenvalue weighted by Crippen LogP contribution is 2.47. The van der Waals surface area contributed by atoms with E-state index in [4.69, 9.17) is 0 Å². The second-order valence-corrected chi connectivity index (χ2v) is 12.0. The molecular weight excluding hydrogens is 539 g/mol. The van der Waals surface area contributed by atoms with Gasteiger partial charge in [-0.05, 0) is 78.2 Å². The summed E-state index contributed by atoms with van der Waals surface area (Å²) in [4.78, 5) is 46.1. The first kappa shape index (κ1) is 26.8. The van der Waals surface area contributed by atoms with Crippen LogP contribution in [0.1, 0.15) is 54.0 Å². The van der Waals surface area contributed by atoms with Gasteiger partial charge < -0.3 is 20.9 Å². The largest absolute Gasteiger partial charge is 0.325 e. The van der Waals surface area contributed by atoms with Crippen LogP contribution >= 0.6 is 0 Å². The predicted molar refractivity (Wildman–Crippen MR) is 155 cm³/mol. The second kappa shape index (κ2) is 9.73. The van der Waals surface area contributed by atoms with E-state index >= 15 is 0 Å². The van der Waals surface area contributed by atoms with Crippen LogP contribution in [0.25, 0.3) is 0 Å². The van der Waals surface area contributed by atoms with E-state index in [1.807, 2.05) is 24.3 Å². The number of nitrogens with one attached hydrogen (secondary N) is 3. The van der Waals surface area contributed by atoms with Crippen molar-refractivity contribution in [2.45, 2.75) is 55.5 Å². The van der Waals surface area contributed by atoms with Crippen LogP contribution in [0.3, 0.4) is 0 Å². The lowest BCUT2D eigenvalue weighted by molar-refractivity contribution is -0.147. The zero-order valence-corrected chi connectivity index (χ0v) is 23.2. The summed E-state index contributed by atoms with van der Waals surface area (Å²) in [6.07, 6.45) is 5.80.